The van der Waals surface area contributed by atoms with Gasteiger partial charge >= 0.3 is 0 Å². The van der Waals surface area contributed by atoms with Gasteiger partial charge in [0, 0.05) is 30.3 Å². The number of piperidine rings is 1. The molecule has 0 unspecified atom stereocenters. The largest absolute Gasteiger partial charge is 0.320 e. The Balaban J connectivity index is 1.47. The van der Waals surface area contributed by atoms with Gasteiger partial charge in [-0.1, -0.05) is 41.7 Å². The zero-order valence-corrected chi connectivity index (χ0v) is 19.9. The van der Waals surface area contributed by atoms with Gasteiger partial charge in [-0.3, -0.25) is 9.59 Å². The van der Waals surface area contributed by atoms with Crippen LogP contribution in [-0.4, -0.2) is 47.7 Å². The summed E-state index contributed by atoms with van der Waals surface area (Å²) in [7, 11) is -3.70. The molecule has 33 heavy (non-hydrogen) atoms. The van der Waals surface area contributed by atoms with E-state index in [1.807, 2.05) is 31.2 Å². The van der Waals surface area contributed by atoms with Crippen LogP contribution in [0, 0.1) is 6.92 Å². The van der Waals surface area contributed by atoms with Crippen molar-refractivity contribution in [2.45, 2.75) is 37.5 Å². The second-order valence-electron chi connectivity index (χ2n) is 8.00. The molecule has 3 aromatic rings. The standard InChI is InChI=1S/C23H24N4O4S2/c1-15-6-3-4-8-20(15)24-21(29)23-26-25-22(32-23)18-7-5-13-27(14-18)33(30,31)19-11-9-17(10-12-19)16(2)28/h3-4,6,8-12,18H,5,7,13-14H2,1-2H3,(H,24,29)/t18-/m1/s1. The minimum Gasteiger partial charge on any atom is -0.320 e. The van der Waals surface area contributed by atoms with E-state index < -0.39 is 10.0 Å². The van der Waals surface area contributed by atoms with Crippen LogP contribution in [0.15, 0.2) is 53.4 Å². The minimum absolute atomic E-state index is 0.115. The Bertz CT molecular complexity index is 1290. The van der Waals surface area contributed by atoms with Crippen LogP contribution in [-0.2, 0) is 10.0 Å². The molecule has 1 aliphatic heterocycles. The van der Waals surface area contributed by atoms with E-state index in [1.165, 1.54) is 46.8 Å². The summed E-state index contributed by atoms with van der Waals surface area (Å²) < 4.78 is 27.7. The van der Waals surface area contributed by atoms with Crippen LogP contribution in [0.25, 0.3) is 0 Å². The highest BCUT2D eigenvalue weighted by atomic mass is 32.2. The summed E-state index contributed by atoms with van der Waals surface area (Å²) >= 11 is 1.19. The van der Waals surface area contributed by atoms with E-state index in [-0.39, 0.29) is 34.1 Å². The van der Waals surface area contributed by atoms with Crippen LogP contribution in [0.3, 0.4) is 0 Å². The minimum atomic E-state index is -3.70. The third-order valence-corrected chi connectivity index (χ3v) is 8.62. The molecular formula is C23H24N4O4S2. The number of hydrogen-bond acceptors (Lipinski definition) is 7. The van der Waals surface area contributed by atoms with Crippen LogP contribution in [0.2, 0.25) is 0 Å². The summed E-state index contributed by atoms with van der Waals surface area (Å²) in [6, 6.07) is 13.5. The van der Waals surface area contributed by atoms with Crippen molar-refractivity contribution in [1.29, 1.82) is 0 Å². The number of para-hydroxylation sites is 1. The van der Waals surface area contributed by atoms with Crippen LogP contribution in [0.4, 0.5) is 5.69 Å². The van der Waals surface area contributed by atoms with E-state index in [4.69, 9.17) is 0 Å². The number of ketones is 1. The zero-order chi connectivity index (χ0) is 23.6. The Morgan fingerprint density at radius 2 is 1.82 bits per heavy atom. The molecule has 2 aromatic carbocycles. The number of Topliss-reactive ketones (excluding diaryl/α,β-unsaturated/α-hetero) is 1. The number of benzene rings is 2. The molecule has 0 radical (unpaired) electrons. The van der Waals surface area contributed by atoms with Crippen molar-refractivity contribution in [3.05, 3.63) is 69.7 Å². The highest BCUT2D eigenvalue weighted by Crippen LogP contribution is 2.32. The van der Waals surface area contributed by atoms with Crippen molar-refractivity contribution in [3.8, 4) is 0 Å². The maximum atomic E-state index is 13.1. The van der Waals surface area contributed by atoms with Gasteiger partial charge in [0.15, 0.2) is 5.78 Å². The fraction of sp³-hybridized carbons (Fsp3) is 0.304. The number of nitrogens with one attached hydrogen (secondary N) is 1. The average molecular weight is 485 g/mol. The first-order valence-electron chi connectivity index (χ1n) is 10.6. The number of rotatable bonds is 6. The van der Waals surface area contributed by atoms with Crippen molar-refractivity contribution >= 4 is 38.7 Å². The molecule has 0 saturated carbocycles. The van der Waals surface area contributed by atoms with Gasteiger partial charge in [0.25, 0.3) is 5.91 Å². The molecular weight excluding hydrogens is 460 g/mol. The van der Waals surface area contributed by atoms with E-state index in [0.717, 1.165) is 12.0 Å². The van der Waals surface area contributed by atoms with Crippen LogP contribution in [0.5, 0.6) is 0 Å². The third kappa shape index (κ3) is 5.02. The Hall–Kier alpha value is -2.95. The van der Waals surface area contributed by atoms with Crippen molar-refractivity contribution in [1.82, 2.24) is 14.5 Å². The fourth-order valence-electron chi connectivity index (χ4n) is 3.75. The molecule has 1 fully saturated rings. The van der Waals surface area contributed by atoms with Gasteiger partial charge in [-0.2, -0.15) is 4.31 Å². The number of amides is 1. The highest BCUT2D eigenvalue weighted by Gasteiger charge is 2.33. The van der Waals surface area contributed by atoms with Crippen LogP contribution >= 0.6 is 11.3 Å². The average Bonchev–Trinajstić information content (AvgIpc) is 3.31. The quantitative estimate of drug-likeness (QED) is 0.532. The first kappa shape index (κ1) is 23.2. The van der Waals surface area contributed by atoms with Gasteiger partial charge < -0.3 is 5.32 Å². The number of aromatic nitrogens is 2. The molecule has 2 heterocycles. The molecule has 0 aliphatic carbocycles. The van der Waals surface area contributed by atoms with Gasteiger partial charge in [0.2, 0.25) is 15.0 Å². The SMILES string of the molecule is CC(=O)c1ccc(S(=O)(=O)N2CCC[C@@H](c3nnc(C(=O)Nc4ccccc4C)s3)C2)cc1. The fourth-order valence-corrected chi connectivity index (χ4v) is 6.14. The lowest BCUT2D eigenvalue weighted by Crippen LogP contribution is -2.39. The zero-order valence-electron chi connectivity index (χ0n) is 18.3. The Morgan fingerprint density at radius 1 is 1.09 bits per heavy atom. The lowest BCUT2D eigenvalue weighted by atomic mass is 10.0. The molecule has 1 aliphatic rings. The topological polar surface area (TPSA) is 109 Å². The van der Waals surface area contributed by atoms with Crippen molar-refractivity contribution < 1.29 is 18.0 Å². The van der Waals surface area contributed by atoms with Crippen molar-refractivity contribution in [2.24, 2.45) is 0 Å². The summed E-state index contributed by atoms with van der Waals surface area (Å²) in [6.45, 7) is 4.03. The Kier molecular flexibility index (Phi) is 6.68. The molecule has 172 valence electrons. The van der Waals surface area contributed by atoms with Gasteiger partial charge in [0.05, 0.1) is 4.90 Å². The van der Waals surface area contributed by atoms with E-state index in [0.29, 0.717) is 29.2 Å². The van der Waals surface area contributed by atoms with E-state index in [2.05, 4.69) is 15.5 Å². The summed E-state index contributed by atoms with van der Waals surface area (Å²) in [5.41, 5.74) is 2.13. The number of carbonyl (C=O) groups is 2. The number of nitrogens with zero attached hydrogens (tertiary/aromatic N) is 3. The molecule has 1 atom stereocenters. The Labute approximate surface area is 196 Å². The van der Waals surface area contributed by atoms with Gasteiger partial charge in [-0.25, -0.2) is 8.42 Å². The van der Waals surface area contributed by atoms with Crippen molar-refractivity contribution in [3.63, 3.8) is 0 Å². The molecule has 1 aromatic heterocycles. The molecule has 1 saturated heterocycles. The van der Waals surface area contributed by atoms with Gasteiger partial charge in [-0.05, 0) is 50.5 Å². The summed E-state index contributed by atoms with van der Waals surface area (Å²) in [6.07, 6.45) is 1.45. The monoisotopic (exact) mass is 484 g/mol. The molecule has 0 bridgehead atoms. The molecule has 8 nitrogen and oxygen atoms in total. The maximum absolute atomic E-state index is 13.1. The molecule has 0 spiro atoms. The second-order valence-corrected chi connectivity index (χ2v) is 10.9. The highest BCUT2D eigenvalue weighted by molar-refractivity contribution is 7.89. The van der Waals surface area contributed by atoms with Gasteiger partial charge in [-0.15, -0.1) is 10.2 Å². The molecule has 4 rings (SSSR count). The van der Waals surface area contributed by atoms with E-state index in [1.54, 1.807) is 0 Å². The number of aryl methyl sites for hydroxylation is 1. The predicted molar refractivity (Wildman–Crippen MR) is 126 cm³/mol. The number of anilines is 1. The normalized spacial score (nSPS) is 17.0. The first-order chi connectivity index (χ1) is 15.8. The van der Waals surface area contributed by atoms with Crippen molar-refractivity contribution in [2.75, 3.05) is 18.4 Å². The molecule has 1 amide bonds. The predicted octanol–water partition coefficient (Wildman–Crippen LogP) is 3.87. The first-order valence-corrected chi connectivity index (χ1v) is 12.8. The van der Waals surface area contributed by atoms with Crippen LogP contribution < -0.4 is 5.32 Å². The van der Waals surface area contributed by atoms with E-state index >= 15 is 0 Å². The number of hydrogen-bond donors (Lipinski definition) is 1. The molecule has 10 heteroatoms. The summed E-state index contributed by atoms with van der Waals surface area (Å²) in [4.78, 5) is 24.2. The lowest BCUT2D eigenvalue weighted by molar-refractivity contribution is 0.101. The Morgan fingerprint density at radius 3 is 2.52 bits per heavy atom. The number of carbonyl (C=O) groups excluding carboxylic acids is 2. The number of sulfonamides is 1. The smallest absolute Gasteiger partial charge is 0.286 e. The summed E-state index contributed by atoms with van der Waals surface area (Å²) in [5.74, 6) is -0.586. The van der Waals surface area contributed by atoms with E-state index in [9.17, 15) is 18.0 Å². The summed E-state index contributed by atoms with van der Waals surface area (Å²) in [5, 5.41) is 12.0. The lowest BCUT2D eigenvalue weighted by Gasteiger charge is -2.30. The maximum Gasteiger partial charge on any atom is 0.286 e. The van der Waals surface area contributed by atoms with Crippen LogP contribution in [0.1, 0.15) is 56.4 Å². The van der Waals surface area contributed by atoms with Gasteiger partial charge in [0.1, 0.15) is 5.01 Å². The second kappa shape index (κ2) is 9.50. The molecule has 1 N–H and O–H groups in total. The third-order valence-electron chi connectivity index (χ3n) is 5.66.